The van der Waals surface area contributed by atoms with Crippen LogP contribution >= 0.6 is 0 Å². The fraction of sp³-hybridized carbons (Fsp3) is 1.00. The Bertz CT molecular complexity index is 393. The van der Waals surface area contributed by atoms with Crippen LogP contribution in [0.2, 0.25) is 0 Å². The summed E-state index contributed by atoms with van der Waals surface area (Å²) in [5, 5.41) is 2.72. The van der Waals surface area contributed by atoms with Gasteiger partial charge in [0.05, 0.1) is 11.4 Å². The molecule has 6 heteroatoms. The van der Waals surface area contributed by atoms with E-state index < -0.39 is 15.3 Å². The first-order valence-electron chi connectivity index (χ1n) is 6.88. The van der Waals surface area contributed by atoms with E-state index in [9.17, 15) is 8.42 Å². The maximum atomic E-state index is 12.2. The summed E-state index contributed by atoms with van der Waals surface area (Å²) in [7, 11) is -1.61. The number of hydrogen-bond acceptors (Lipinski definition) is 4. The van der Waals surface area contributed by atoms with Gasteiger partial charge in [-0.3, -0.25) is 0 Å². The van der Waals surface area contributed by atoms with Gasteiger partial charge in [0.1, 0.15) is 0 Å². The summed E-state index contributed by atoms with van der Waals surface area (Å²) >= 11 is 0. The van der Waals surface area contributed by atoms with Crippen molar-refractivity contribution < 1.29 is 13.2 Å². The van der Waals surface area contributed by atoms with Gasteiger partial charge >= 0.3 is 0 Å². The smallest absolute Gasteiger partial charge is 0.215 e. The molecule has 19 heavy (non-hydrogen) atoms. The van der Waals surface area contributed by atoms with Crippen LogP contribution in [-0.2, 0) is 14.8 Å². The predicted octanol–water partition coefficient (Wildman–Crippen LogP) is 1.11. The molecule has 1 fully saturated rings. The van der Waals surface area contributed by atoms with E-state index in [1.165, 1.54) is 0 Å². The van der Waals surface area contributed by atoms with Crippen LogP contribution in [0.25, 0.3) is 0 Å². The molecule has 2 N–H and O–H groups in total. The van der Waals surface area contributed by atoms with Crippen LogP contribution < -0.4 is 10.0 Å². The van der Waals surface area contributed by atoms with Crippen molar-refractivity contribution in [3.8, 4) is 0 Å². The highest BCUT2D eigenvalue weighted by Crippen LogP contribution is 2.42. The molecule has 3 atom stereocenters. The van der Waals surface area contributed by atoms with Crippen molar-refractivity contribution in [2.45, 2.75) is 64.5 Å². The maximum absolute atomic E-state index is 12.2. The molecule has 0 aromatic rings. The number of sulfonamides is 1. The summed E-state index contributed by atoms with van der Waals surface area (Å²) in [5.74, 6) is 0. The molecule has 1 saturated carbocycles. The van der Waals surface area contributed by atoms with Gasteiger partial charge in [-0.25, -0.2) is 13.1 Å². The maximum Gasteiger partial charge on any atom is 0.215 e. The second kappa shape index (κ2) is 6.08. The Kier molecular flexibility index (Phi) is 5.40. The molecule has 1 rings (SSSR count). The van der Waals surface area contributed by atoms with E-state index in [-0.39, 0.29) is 23.6 Å². The molecule has 0 spiro atoms. The highest BCUT2D eigenvalue weighted by atomic mass is 32.2. The van der Waals surface area contributed by atoms with Crippen molar-refractivity contribution in [3.05, 3.63) is 0 Å². The van der Waals surface area contributed by atoms with Crippen molar-refractivity contribution in [2.75, 3.05) is 13.7 Å². The molecule has 0 aromatic carbocycles. The second-order valence-electron chi connectivity index (χ2n) is 6.37. The number of hydrogen-bond donors (Lipinski definition) is 2. The first-order valence-corrected chi connectivity index (χ1v) is 8.43. The Balaban J connectivity index is 2.56. The first kappa shape index (κ1) is 16.9. The van der Waals surface area contributed by atoms with Crippen LogP contribution in [0.4, 0.5) is 0 Å². The molecular weight excluding hydrogens is 264 g/mol. The van der Waals surface area contributed by atoms with Crippen LogP contribution in [0, 0.1) is 5.41 Å². The van der Waals surface area contributed by atoms with Crippen molar-refractivity contribution in [2.24, 2.45) is 5.41 Å². The van der Waals surface area contributed by atoms with E-state index >= 15 is 0 Å². The Morgan fingerprint density at radius 1 is 1.32 bits per heavy atom. The Labute approximate surface area is 117 Å². The van der Waals surface area contributed by atoms with Gasteiger partial charge in [0.25, 0.3) is 0 Å². The average Bonchev–Trinajstić information content (AvgIpc) is 2.30. The molecule has 1 aliphatic rings. The Morgan fingerprint density at radius 3 is 2.32 bits per heavy atom. The second-order valence-corrected chi connectivity index (χ2v) is 8.50. The van der Waals surface area contributed by atoms with E-state index in [2.05, 4.69) is 10.0 Å². The lowest BCUT2D eigenvalue weighted by molar-refractivity contribution is -0.0909. The molecule has 0 saturated heterocycles. The van der Waals surface area contributed by atoms with Gasteiger partial charge in [0.15, 0.2) is 0 Å². The average molecular weight is 292 g/mol. The van der Waals surface area contributed by atoms with Crippen molar-refractivity contribution in [1.29, 1.82) is 0 Å². The topological polar surface area (TPSA) is 67.4 Å². The van der Waals surface area contributed by atoms with Gasteiger partial charge in [0.2, 0.25) is 10.0 Å². The lowest BCUT2D eigenvalue weighted by atomic mass is 9.65. The minimum Gasteiger partial charge on any atom is -0.381 e. The van der Waals surface area contributed by atoms with Crippen LogP contribution in [0.15, 0.2) is 0 Å². The third kappa shape index (κ3) is 3.90. The molecule has 0 aliphatic heterocycles. The van der Waals surface area contributed by atoms with Gasteiger partial charge in [-0.2, -0.15) is 0 Å². The molecule has 5 nitrogen and oxygen atoms in total. The van der Waals surface area contributed by atoms with Crippen LogP contribution in [0.5, 0.6) is 0 Å². The number of nitrogens with one attached hydrogen (secondary N) is 2. The van der Waals surface area contributed by atoms with Gasteiger partial charge < -0.3 is 10.1 Å². The summed E-state index contributed by atoms with van der Waals surface area (Å²) < 4.78 is 32.6. The van der Waals surface area contributed by atoms with E-state index in [0.29, 0.717) is 6.54 Å². The zero-order valence-corrected chi connectivity index (χ0v) is 13.7. The first-order chi connectivity index (χ1) is 8.61. The molecule has 3 unspecified atom stereocenters. The lowest BCUT2D eigenvalue weighted by Gasteiger charge is -2.51. The van der Waals surface area contributed by atoms with E-state index in [1.807, 2.05) is 27.7 Å². The molecule has 0 amide bonds. The minimum atomic E-state index is -3.29. The van der Waals surface area contributed by atoms with Crippen molar-refractivity contribution in [1.82, 2.24) is 10.0 Å². The summed E-state index contributed by atoms with van der Waals surface area (Å²) in [6, 6.07) is 0.250. The van der Waals surface area contributed by atoms with E-state index in [4.69, 9.17) is 4.74 Å². The van der Waals surface area contributed by atoms with Crippen LogP contribution in [0.1, 0.15) is 41.0 Å². The summed E-state index contributed by atoms with van der Waals surface area (Å²) in [4.78, 5) is 0. The quantitative estimate of drug-likeness (QED) is 0.737. The normalized spacial score (nSPS) is 28.2. The third-order valence-electron chi connectivity index (χ3n) is 4.11. The molecule has 0 heterocycles. The van der Waals surface area contributed by atoms with Gasteiger partial charge in [-0.1, -0.05) is 27.7 Å². The van der Waals surface area contributed by atoms with Crippen LogP contribution in [0.3, 0.4) is 0 Å². The standard InChI is InChI=1S/C13H28N2O3S/c1-9(2)14-8-10(3)19(16,17)15-11-7-12(18-6)13(11,4)5/h9-12,14-15H,7-8H2,1-6H3. The van der Waals surface area contributed by atoms with Gasteiger partial charge in [-0.05, 0) is 13.3 Å². The molecule has 1 aliphatic carbocycles. The lowest BCUT2D eigenvalue weighted by Crippen LogP contribution is -2.62. The fourth-order valence-electron chi connectivity index (χ4n) is 2.31. The third-order valence-corrected chi connectivity index (χ3v) is 5.95. The minimum absolute atomic E-state index is 0.0380. The largest absolute Gasteiger partial charge is 0.381 e. The van der Waals surface area contributed by atoms with Gasteiger partial charge in [0, 0.05) is 31.2 Å². The molecule has 0 bridgehead atoms. The zero-order chi connectivity index (χ0) is 14.8. The predicted molar refractivity (Wildman–Crippen MR) is 77.6 cm³/mol. The van der Waals surface area contributed by atoms with Crippen molar-refractivity contribution >= 4 is 10.0 Å². The van der Waals surface area contributed by atoms with Crippen LogP contribution in [-0.4, -0.2) is 45.5 Å². The van der Waals surface area contributed by atoms with E-state index in [1.54, 1.807) is 14.0 Å². The molecular formula is C13H28N2O3S. The fourth-order valence-corrected chi connectivity index (χ4v) is 3.66. The number of methoxy groups -OCH3 is 1. The Morgan fingerprint density at radius 2 is 1.89 bits per heavy atom. The van der Waals surface area contributed by atoms with Gasteiger partial charge in [-0.15, -0.1) is 0 Å². The summed E-state index contributed by atoms with van der Waals surface area (Å²) in [6.45, 7) is 10.3. The van der Waals surface area contributed by atoms with E-state index in [0.717, 1.165) is 6.42 Å². The number of rotatable bonds is 7. The number of ether oxygens (including phenoxy) is 1. The molecule has 0 radical (unpaired) electrons. The summed E-state index contributed by atoms with van der Waals surface area (Å²) in [6.07, 6.45) is 0.872. The highest BCUT2D eigenvalue weighted by molar-refractivity contribution is 7.90. The highest BCUT2D eigenvalue weighted by Gasteiger charge is 2.50. The SMILES string of the molecule is COC1CC(NS(=O)(=O)C(C)CNC(C)C)C1(C)C. The molecule has 114 valence electrons. The molecule has 0 aromatic heterocycles. The zero-order valence-electron chi connectivity index (χ0n) is 12.9. The van der Waals surface area contributed by atoms with Crippen molar-refractivity contribution in [3.63, 3.8) is 0 Å². The Hall–Kier alpha value is -0.170. The summed E-state index contributed by atoms with van der Waals surface area (Å²) in [5.41, 5.74) is -0.146. The monoisotopic (exact) mass is 292 g/mol.